The highest BCUT2D eigenvalue weighted by Crippen LogP contribution is 2.15. The summed E-state index contributed by atoms with van der Waals surface area (Å²) in [6.07, 6.45) is 33.9. The van der Waals surface area contributed by atoms with E-state index >= 15 is 0 Å². The zero-order valence-corrected chi connectivity index (χ0v) is 30.2. The summed E-state index contributed by atoms with van der Waals surface area (Å²) in [5.41, 5.74) is 0. The third kappa shape index (κ3) is 30.0. The van der Waals surface area contributed by atoms with Gasteiger partial charge < -0.3 is 20.8 Å². The maximum atomic E-state index is 12.6. The van der Waals surface area contributed by atoms with Crippen LogP contribution in [0.3, 0.4) is 0 Å². The van der Waals surface area contributed by atoms with E-state index in [0.29, 0.717) is 12.8 Å². The summed E-state index contributed by atoms with van der Waals surface area (Å²) in [7, 11) is 0. The van der Waals surface area contributed by atoms with Crippen LogP contribution in [0.1, 0.15) is 187 Å². The molecule has 3 atom stereocenters. The summed E-state index contributed by atoms with van der Waals surface area (Å²) in [4.78, 5) is 24.4. The number of rotatable bonds is 34. The smallest absolute Gasteiger partial charge is 0.234 e. The van der Waals surface area contributed by atoms with Gasteiger partial charge in [-0.05, 0) is 38.5 Å². The SMILES string of the molecule is CCCCCCCC/C=C\CCCCCCCC(=O)N[C@@H](CNC(=O)CCl)[C@H](O)[C@H](O)CCCCCCCCCCCCCC. The first-order chi connectivity index (χ1) is 22.0. The second-order valence-corrected chi connectivity index (χ2v) is 13.4. The van der Waals surface area contributed by atoms with Crippen molar-refractivity contribution in [3.05, 3.63) is 12.2 Å². The van der Waals surface area contributed by atoms with Gasteiger partial charge in [-0.3, -0.25) is 9.59 Å². The van der Waals surface area contributed by atoms with Gasteiger partial charge in [0.15, 0.2) is 0 Å². The Morgan fingerprint density at radius 3 is 1.49 bits per heavy atom. The summed E-state index contributed by atoms with van der Waals surface area (Å²) in [5.74, 6) is -0.710. The maximum Gasteiger partial charge on any atom is 0.234 e. The molecule has 0 rings (SSSR count). The lowest BCUT2D eigenvalue weighted by molar-refractivity contribution is -0.124. The average Bonchev–Trinajstić information content (AvgIpc) is 3.04. The number of hydrogen-bond donors (Lipinski definition) is 4. The van der Waals surface area contributed by atoms with Crippen LogP contribution in [-0.2, 0) is 9.59 Å². The summed E-state index contributed by atoms with van der Waals surface area (Å²) >= 11 is 5.61. The number of hydrogen-bond acceptors (Lipinski definition) is 4. The predicted molar refractivity (Wildman–Crippen MR) is 193 cm³/mol. The number of aliphatic hydroxyl groups excluding tert-OH is 2. The van der Waals surface area contributed by atoms with Crippen LogP contribution < -0.4 is 10.6 Å². The summed E-state index contributed by atoms with van der Waals surface area (Å²) in [6.45, 7) is 4.55. The fraction of sp³-hybridized carbons (Fsp3) is 0.895. The van der Waals surface area contributed by atoms with Crippen molar-refractivity contribution in [2.45, 2.75) is 205 Å². The number of unbranched alkanes of at least 4 members (excludes halogenated alkanes) is 22. The van der Waals surface area contributed by atoms with E-state index < -0.39 is 18.2 Å². The Balaban J connectivity index is 4.11. The van der Waals surface area contributed by atoms with Gasteiger partial charge in [0.25, 0.3) is 0 Å². The first-order valence-electron chi connectivity index (χ1n) is 19.1. The van der Waals surface area contributed by atoms with E-state index in [1.54, 1.807) is 0 Å². The van der Waals surface area contributed by atoms with E-state index in [9.17, 15) is 19.8 Å². The summed E-state index contributed by atoms with van der Waals surface area (Å²) in [5, 5.41) is 27.0. The van der Waals surface area contributed by atoms with Crippen molar-refractivity contribution in [3.63, 3.8) is 0 Å². The van der Waals surface area contributed by atoms with Crippen LogP contribution in [0.4, 0.5) is 0 Å². The molecule has 6 nitrogen and oxygen atoms in total. The van der Waals surface area contributed by atoms with Crippen LogP contribution in [0.25, 0.3) is 0 Å². The van der Waals surface area contributed by atoms with Crippen LogP contribution in [0.2, 0.25) is 0 Å². The molecular weight excluding hydrogens is 584 g/mol. The van der Waals surface area contributed by atoms with Gasteiger partial charge >= 0.3 is 0 Å². The first-order valence-corrected chi connectivity index (χ1v) is 19.6. The minimum Gasteiger partial charge on any atom is -0.390 e. The molecule has 0 aromatic carbocycles. The highest BCUT2D eigenvalue weighted by Gasteiger charge is 2.27. The molecule has 4 N–H and O–H groups in total. The zero-order valence-electron chi connectivity index (χ0n) is 29.5. The zero-order chi connectivity index (χ0) is 33.2. The lowest BCUT2D eigenvalue weighted by Gasteiger charge is -2.28. The fourth-order valence-corrected chi connectivity index (χ4v) is 5.89. The Morgan fingerprint density at radius 2 is 1.02 bits per heavy atom. The van der Waals surface area contributed by atoms with Gasteiger partial charge in [-0.1, -0.05) is 154 Å². The molecule has 0 bridgehead atoms. The van der Waals surface area contributed by atoms with Crippen molar-refractivity contribution in [3.8, 4) is 0 Å². The lowest BCUT2D eigenvalue weighted by Crippen LogP contribution is -2.54. The number of aliphatic hydroxyl groups is 2. The minimum absolute atomic E-state index is 0.0420. The first kappa shape index (κ1) is 43.9. The highest BCUT2D eigenvalue weighted by molar-refractivity contribution is 6.27. The molecule has 0 aromatic heterocycles. The van der Waals surface area contributed by atoms with Crippen molar-refractivity contribution in [1.29, 1.82) is 0 Å². The van der Waals surface area contributed by atoms with Crippen molar-refractivity contribution in [2.75, 3.05) is 12.4 Å². The van der Waals surface area contributed by atoms with Crippen molar-refractivity contribution in [1.82, 2.24) is 10.6 Å². The molecular formula is C38H73ClN2O4. The molecule has 0 aliphatic heterocycles. The maximum absolute atomic E-state index is 12.6. The van der Waals surface area contributed by atoms with Crippen LogP contribution in [-0.4, -0.2) is 52.7 Å². The Hall–Kier alpha value is -1.11. The number of carbonyl (C=O) groups excluding carboxylic acids is 2. The van der Waals surface area contributed by atoms with Gasteiger partial charge in [-0.25, -0.2) is 0 Å². The topological polar surface area (TPSA) is 98.7 Å². The van der Waals surface area contributed by atoms with Gasteiger partial charge in [-0.15, -0.1) is 11.6 Å². The van der Waals surface area contributed by atoms with Gasteiger partial charge in [0.05, 0.1) is 12.1 Å². The third-order valence-corrected chi connectivity index (χ3v) is 9.06. The molecule has 0 spiro atoms. The number of amides is 2. The van der Waals surface area contributed by atoms with E-state index in [2.05, 4.69) is 36.6 Å². The van der Waals surface area contributed by atoms with E-state index in [-0.39, 0.29) is 24.2 Å². The predicted octanol–water partition coefficient (Wildman–Crippen LogP) is 9.68. The number of nitrogens with one attached hydrogen (secondary N) is 2. The molecule has 2 amide bonds. The van der Waals surface area contributed by atoms with E-state index in [1.165, 1.54) is 116 Å². The second-order valence-electron chi connectivity index (χ2n) is 13.2. The van der Waals surface area contributed by atoms with Crippen molar-refractivity contribution >= 4 is 23.4 Å². The van der Waals surface area contributed by atoms with Crippen molar-refractivity contribution in [2.24, 2.45) is 0 Å². The molecule has 0 aliphatic rings. The second kappa shape index (κ2) is 34.2. The van der Waals surface area contributed by atoms with Crippen LogP contribution >= 0.6 is 11.6 Å². The largest absolute Gasteiger partial charge is 0.390 e. The molecule has 45 heavy (non-hydrogen) atoms. The fourth-order valence-electron chi connectivity index (χ4n) is 5.80. The van der Waals surface area contributed by atoms with Gasteiger partial charge in [0.1, 0.15) is 12.0 Å². The van der Waals surface area contributed by atoms with Crippen LogP contribution in [0.15, 0.2) is 12.2 Å². The molecule has 0 aromatic rings. The van der Waals surface area contributed by atoms with E-state index in [0.717, 1.165) is 44.9 Å². The molecule has 0 aliphatic carbocycles. The molecule has 0 saturated heterocycles. The Bertz CT molecular complexity index is 691. The summed E-state index contributed by atoms with van der Waals surface area (Å²) in [6, 6.07) is -0.750. The third-order valence-electron chi connectivity index (χ3n) is 8.81. The molecule has 0 radical (unpaired) electrons. The van der Waals surface area contributed by atoms with Crippen LogP contribution in [0.5, 0.6) is 0 Å². The monoisotopic (exact) mass is 657 g/mol. The standard InChI is InChI=1S/C38H73ClN2O4/c1-3-5-7-9-11-13-15-17-18-19-21-23-25-27-29-31-36(43)41-34(33-40-37(44)32-39)38(45)35(42)30-28-26-24-22-20-16-14-12-10-8-6-4-2/h17-18,34-35,38,42,45H,3-16,19-33H2,1-2H3,(H,40,44)(H,41,43)/b18-17-/t34-,35+,38-/m0/s1. The molecule has 0 unspecified atom stereocenters. The number of alkyl halides is 1. The van der Waals surface area contributed by atoms with E-state index in [4.69, 9.17) is 11.6 Å². The number of carbonyl (C=O) groups is 2. The lowest BCUT2D eigenvalue weighted by atomic mass is 9.98. The minimum atomic E-state index is -1.15. The molecule has 0 heterocycles. The van der Waals surface area contributed by atoms with Crippen molar-refractivity contribution < 1.29 is 19.8 Å². The summed E-state index contributed by atoms with van der Waals surface area (Å²) < 4.78 is 0. The van der Waals surface area contributed by atoms with Gasteiger partial charge in [0.2, 0.25) is 11.8 Å². The Kier molecular flexibility index (Phi) is 33.4. The number of halogens is 1. The van der Waals surface area contributed by atoms with E-state index in [1.807, 2.05) is 0 Å². The van der Waals surface area contributed by atoms with Gasteiger partial charge in [-0.2, -0.15) is 0 Å². The Morgan fingerprint density at radius 1 is 0.600 bits per heavy atom. The highest BCUT2D eigenvalue weighted by atomic mass is 35.5. The molecule has 7 heteroatoms. The van der Waals surface area contributed by atoms with Crippen LogP contribution in [0, 0.1) is 0 Å². The normalized spacial score (nSPS) is 13.6. The molecule has 0 saturated carbocycles. The molecule has 266 valence electrons. The quantitative estimate of drug-likeness (QED) is 0.0315. The Labute approximate surface area is 283 Å². The number of allylic oxidation sites excluding steroid dienone is 2. The average molecular weight is 657 g/mol. The van der Waals surface area contributed by atoms with Gasteiger partial charge in [0, 0.05) is 13.0 Å². The molecule has 0 fully saturated rings.